The minimum Gasteiger partial charge on any atom is -0.379 e. The van der Waals surface area contributed by atoms with Gasteiger partial charge >= 0.3 is 0 Å². The van der Waals surface area contributed by atoms with Crippen LogP contribution in [0.5, 0.6) is 0 Å². The highest BCUT2D eigenvalue weighted by Gasteiger charge is 2.22. The Morgan fingerprint density at radius 3 is 2.81 bits per heavy atom. The maximum Gasteiger partial charge on any atom is 0.237 e. The molecule has 1 saturated heterocycles. The molecule has 0 spiro atoms. The Balaban J connectivity index is 2.29. The van der Waals surface area contributed by atoms with Crippen LogP contribution in [-0.2, 0) is 19.4 Å². The predicted octanol–water partition coefficient (Wildman–Crippen LogP) is -1.35. The number of nitrogens with one attached hydrogen (secondary N) is 1. The van der Waals surface area contributed by atoms with Crippen molar-refractivity contribution in [2.45, 2.75) is 24.9 Å². The number of nitrogens with two attached hydrogens (primary N) is 1. The van der Waals surface area contributed by atoms with Crippen LogP contribution in [0.2, 0.25) is 0 Å². The van der Waals surface area contributed by atoms with Crippen LogP contribution in [0.25, 0.3) is 0 Å². The molecule has 2 atom stereocenters. The third kappa shape index (κ3) is 4.91. The fourth-order valence-electron chi connectivity index (χ4n) is 1.43. The second-order valence-electron chi connectivity index (χ2n) is 4.09. The van der Waals surface area contributed by atoms with Gasteiger partial charge in [0.1, 0.15) is 9.84 Å². The molecule has 0 radical (unpaired) electrons. The van der Waals surface area contributed by atoms with E-state index in [1.54, 1.807) is 0 Å². The van der Waals surface area contributed by atoms with Gasteiger partial charge in [0.15, 0.2) is 0 Å². The van der Waals surface area contributed by atoms with Gasteiger partial charge in [0.2, 0.25) is 5.91 Å². The fraction of sp³-hybridized carbons (Fsp3) is 0.889. The van der Waals surface area contributed by atoms with Crippen LogP contribution < -0.4 is 11.1 Å². The van der Waals surface area contributed by atoms with Crippen LogP contribution in [-0.4, -0.2) is 51.6 Å². The summed E-state index contributed by atoms with van der Waals surface area (Å²) in [5, 5.41) is 2.73. The van der Waals surface area contributed by atoms with Crippen molar-refractivity contribution in [3.63, 3.8) is 0 Å². The average Bonchev–Trinajstić information content (AvgIpc) is 2.65. The SMILES string of the molecule is CS(=O)(=O)CCC(N)C(=O)NC1CCOC1. The Morgan fingerprint density at radius 2 is 2.31 bits per heavy atom. The highest BCUT2D eigenvalue weighted by Crippen LogP contribution is 2.04. The summed E-state index contributed by atoms with van der Waals surface area (Å²) in [4.78, 5) is 11.5. The normalized spacial score (nSPS) is 23.0. The molecule has 0 bridgehead atoms. The molecule has 94 valence electrons. The van der Waals surface area contributed by atoms with Crippen molar-refractivity contribution in [1.29, 1.82) is 0 Å². The van der Waals surface area contributed by atoms with Crippen LogP contribution >= 0.6 is 0 Å². The molecule has 0 aliphatic carbocycles. The summed E-state index contributed by atoms with van der Waals surface area (Å²) in [6.45, 7) is 1.15. The van der Waals surface area contributed by atoms with Gasteiger partial charge in [-0.3, -0.25) is 4.79 Å². The van der Waals surface area contributed by atoms with E-state index < -0.39 is 15.9 Å². The molecule has 6 nitrogen and oxygen atoms in total. The first-order valence-electron chi connectivity index (χ1n) is 5.20. The summed E-state index contributed by atoms with van der Waals surface area (Å²) in [5.41, 5.74) is 5.59. The van der Waals surface area contributed by atoms with Gasteiger partial charge < -0.3 is 15.8 Å². The molecule has 16 heavy (non-hydrogen) atoms. The Bertz CT molecular complexity index is 335. The van der Waals surface area contributed by atoms with Gasteiger partial charge in [-0.15, -0.1) is 0 Å². The van der Waals surface area contributed by atoms with E-state index in [4.69, 9.17) is 10.5 Å². The van der Waals surface area contributed by atoms with E-state index in [0.717, 1.165) is 12.7 Å². The Hall–Kier alpha value is -0.660. The summed E-state index contributed by atoms with van der Waals surface area (Å²) in [6.07, 6.45) is 2.06. The molecule has 1 amide bonds. The van der Waals surface area contributed by atoms with Crippen LogP contribution in [0, 0.1) is 0 Å². The Kier molecular flexibility index (Phi) is 4.69. The smallest absolute Gasteiger partial charge is 0.237 e. The van der Waals surface area contributed by atoms with E-state index in [-0.39, 0.29) is 24.1 Å². The number of ether oxygens (including phenoxy) is 1. The number of hydrogen-bond donors (Lipinski definition) is 2. The number of hydrogen-bond acceptors (Lipinski definition) is 5. The van der Waals surface area contributed by atoms with Gasteiger partial charge in [-0.25, -0.2) is 8.42 Å². The molecule has 0 aromatic heterocycles. The van der Waals surface area contributed by atoms with Gasteiger partial charge in [-0.2, -0.15) is 0 Å². The van der Waals surface area contributed by atoms with Gasteiger partial charge in [0.25, 0.3) is 0 Å². The Morgan fingerprint density at radius 1 is 1.62 bits per heavy atom. The van der Waals surface area contributed by atoms with Crippen molar-refractivity contribution in [1.82, 2.24) is 5.32 Å². The molecule has 1 aliphatic rings. The standard InChI is InChI=1S/C9H18N2O4S/c1-16(13,14)5-3-8(10)9(12)11-7-2-4-15-6-7/h7-8H,2-6,10H2,1H3,(H,11,12). The van der Waals surface area contributed by atoms with Crippen LogP contribution in [0.15, 0.2) is 0 Å². The summed E-state index contributed by atoms with van der Waals surface area (Å²) >= 11 is 0. The first kappa shape index (κ1) is 13.4. The molecular formula is C9H18N2O4S. The van der Waals surface area contributed by atoms with Crippen molar-refractivity contribution in [3.8, 4) is 0 Å². The second kappa shape index (κ2) is 5.60. The number of rotatable bonds is 5. The molecular weight excluding hydrogens is 232 g/mol. The second-order valence-corrected chi connectivity index (χ2v) is 6.35. The third-order valence-corrected chi connectivity index (χ3v) is 3.39. The van der Waals surface area contributed by atoms with E-state index in [0.29, 0.717) is 13.2 Å². The van der Waals surface area contributed by atoms with Crippen LogP contribution in [0.4, 0.5) is 0 Å². The van der Waals surface area contributed by atoms with Gasteiger partial charge in [-0.05, 0) is 12.8 Å². The summed E-state index contributed by atoms with van der Waals surface area (Å²) < 4.78 is 26.9. The molecule has 0 saturated carbocycles. The molecule has 1 fully saturated rings. The summed E-state index contributed by atoms with van der Waals surface area (Å²) in [7, 11) is -3.06. The van der Waals surface area contributed by atoms with Crippen molar-refractivity contribution in [3.05, 3.63) is 0 Å². The lowest BCUT2D eigenvalue weighted by molar-refractivity contribution is -0.123. The molecule has 3 N–H and O–H groups in total. The highest BCUT2D eigenvalue weighted by molar-refractivity contribution is 7.90. The maximum atomic E-state index is 11.5. The van der Waals surface area contributed by atoms with Crippen molar-refractivity contribution < 1.29 is 17.9 Å². The zero-order valence-corrected chi connectivity index (χ0v) is 10.1. The number of carbonyl (C=O) groups excluding carboxylic acids is 1. The monoisotopic (exact) mass is 250 g/mol. The molecule has 1 rings (SSSR count). The molecule has 0 aromatic rings. The zero-order valence-electron chi connectivity index (χ0n) is 9.31. The van der Waals surface area contributed by atoms with Crippen molar-refractivity contribution in [2.24, 2.45) is 5.73 Å². The minimum absolute atomic E-state index is 0.0109. The van der Waals surface area contributed by atoms with Gasteiger partial charge in [0, 0.05) is 12.9 Å². The van der Waals surface area contributed by atoms with Crippen LogP contribution in [0.1, 0.15) is 12.8 Å². The maximum absolute atomic E-state index is 11.5. The Labute approximate surface area is 95.4 Å². The lowest BCUT2D eigenvalue weighted by atomic mass is 10.2. The lowest BCUT2D eigenvalue weighted by Crippen LogP contribution is -2.46. The van der Waals surface area contributed by atoms with Crippen molar-refractivity contribution >= 4 is 15.7 Å². The van der Waals surface area contributed by atoms with Crippen molar-refractivity contribution in [2.75, 3.05) is 25.2 Å². The number of carbonyl (C=O) groups is 1. The molecule has 1 heterocycles. The zero-order chi connectivity index (χ0) is 12.2. The first-order chi connectivity index (χ1) is 7.38. The summed E-state index contributed by atoms with van der Waals surface area (Å²) in [6, 6.07) is -0.757. The molecule has 1 aliphatic heterocycles. The third-order valence-electron chi connectivity index (χ3n) is 2.41. The van der Waals surface area contributed by atoms with Gasteiger partial charge in [0.05, 0.1) is 24.4 Å². The average molecular weight is 250 g/mol. The molecule has 2 unspecified atom stereocenters. The van der Waals surface area contributed by atoms with E-state index in [1.807, 2.05) is 0 Å². The van der Waals surface area contributed by atoms with Crippen LogP contribution in [0.3, 0.4) is 0 Å². The highest BCUT2D eigenvalue weighted by atomic mass is 32.2. The van der Waals surface area contributed by atoms with E-state index in [9.17, 15) is 13.2 Å². The van der Waals surface area contributed by atoms with E-state index in [2.05, 4.69) is 5.32 Å². The molecule has 0 aromatic carbocycles. The van der Waals surface area contributed by atoms with E-state index >= 15 is 0 Å². The number of sulfone groups is 1. The minimum atomic E-state index is -3.06. The summed E-state index contributed by atoms with van der Waals surface area (Å²) in [5.74, 6) is -0.373. The predicted molar refractivity (Wildman–Crippen MR) is 59.7 cm³/mol. The lowest BCUT2D eigenvalue weighted by Gasteiger charge is -2.15. The van der Waals surface area contributed by atoms with E-state index in [1.165, 1.54) is 0 Å². The number of amides is 1. The largest absolute Gasteiger partial charge is 0.379 e. The first-order valence-corrected chi connectivity index (χ1v) is 7.26. The quantitative estimate of drug-likeness (QED) is 0.629. The van der Waals surface area contributed by atoms with Gasteiger partial charge in [-0.1, -0.05) is 0 Å². The fourth-order valence-corrected chi connectivity index (χ4v) is 2.11. The molecule has 7 heteroatoms. The topological polar surface area (TPSA) is 98.5 Å².